The number of nitrogens with two attached hydrogens (primary N) is 1. The lowest BCUT2D eigenvalue weighted by molar-refractivity contribution is -0.126. The minimum atomic E-state index is -0.979. The fourth-order valence-corrected chi connectivity index (χ4v) is 0.574. The smallest absolute Gasteiger partial charge is 0.240 e. The first-order valence-corrected chi connectivity index (χ1v) is 3.68. The molecule has 0 radical (unpaired) electrons. The summed E-state index contributed by atoms with van der Waals surface area (Å²) in [6, 6.07) is -1.55. The van der Waals surface area contributed by atoms with E-state index in [4.69, 9.17) is 10.8 Å². The van der Waals surface area contributed by atoms with Crippen LogP contribution >= 0.6 is 0 Å². The highest BCUT2D eigenvalue weighted by molar-refractivity contribution is 5.84. The largest absolute Gasteiger partial charge is 0.391 e. The van der Waals surface area contributed by atoms with Crippen molar-refractivity contribution in [1.82, 2.24) is 5.32 Å². The van der Waals surface area contributed by atoms with Gasteiger partial charge in [0.25, 0.3) is 0 Å². The Hall–Kier alpha value is -0.940. The molecule has 0 saturated heterocycles. The molecule has 0 aliphatic heterocycles. The molecule has 4 N–H and O–H groups in total. The van der Waals surface area contributed by atoms with Crippen LogP contribution < -0.4 is 11.1 Å². The van der Waals surface area contributed by atoms with Crippen molar-refractivity contribution in [2.75, 3.05) is 0 Å². The van der Waals surface area contributed by atoms with Crippen LogP contribution in [0.1, 0.15) is 13.8 Å². The Morgan fingerprint density at radius 1 is 1.58 bits per heavy atom. The molecule has 5 nitrogen and oxygen atoms in total. The molecule has 0 aromatic carbocycles. The van der Waals surface area contributed by atoms with Crippen molar-refractivity contribution in [3.8, 4) is 0 Å². The van der Waals surface area contributed by atoms with Crippen molar-refractivity contribution in [3.63, 3.8) is 0 Å². The summed E-state index contributed by atoms with van der Waals surface area (Å²) in [6.45, 7) is 2.94. The van der Waals surface area contributed by atoms with E-state index in [1.54, 1.807) is 0 Å². The summed E-state index contributed by atoms with van der Waals surface area (Å²) in [5.41, 5.74) is 5.29. The molecule has 0 aromatic rings. The number of amides is 1. The molecule has 0 aromatic heterocycles. The molecule has 70 valence electrons. The molecule has 0 aliphatic carbocycles. The Labute approximate surface area is 70.9 Å². The minimum Gasteiger partial charge on any atom is -0.391 e. The number of aliphatic hydroxyl groups excluding tert-OH is 1. The van der Waals surface area contributed by atoms with Gasteiger partial charge in [0.1, 0.15) is 12.3 Å². The van der Waals surface area contributed by atoms with Gasteiger partial charge in [0.2, 0.25) is 5.91 Å². The molecular formula is C7H14N2O3. The molecule has 0 heterocycles. The fraction of sp³-hybridized carbons (Fsp3) is 0.714. The summed E-state index contributed by atoms with van der Waals surface area (Å²) in [4.78, 5) is 21.1. The highest BCUT2D eigenvalue weighted by atomic mass is 16.3. The molecule has 0 spiro atoms. The van der Waals surface area contributed by atoms with E-state index in [2.05, 4.69) is 5.32 Å². The first kappa shape index (κ1) is 11.1. The van der Waals surface area contributed by atoms with Gasteiger partial charge in [0.15, 0.2) is 0 Å². The predicted octanol–water partition coefficient (Wildman–Crippen LogP) is -1.60. The first-order chi connectivity index (χ1) is 5.49. The molecule has 12 heavy (non-hydrogen) atoms. The standard InChI is InChI=1S/C7H14N2O3/c1-4(3-10)9-7(12)6(8)5(2)11/h3-6,11H,8H2,1-2H3,(H,9,12)/t4-,5-,6-/m0/s1. The topological polar surface area (TPSA) is 92.4 Å². The summed E-state index contributed by atoms with van der Waals surface area (Å²) in [7, 11) is 0. The Balaban J connectivity index is 3.95. The Kier molecular flexibility index (Phi) is 4.46. The highest BCUT2D eigenvalue weighted by Crippen LogP contribution is 1.89. The van der Waals surface area contributed by atoms with Gasteiger partial charge >= 0.3 is 0 Å². The highest BCUT2D eigenvalue weighted by Gasteiger charge is 2.19. The van der Waals surface area contributed by atoms with E-state index in [9.17, 15) is 9.59 Å². The van der Waals surface area contributed by atoms with Gasteiger partial charge in [-0.1, -0.05) is 0 Å². The number of carbonyl (C=O) groups is 2. The van der Waals surface area contributed by atoms with E-state index in [0.29, 0.717) is 6.29 Å². The van der Waals surface area contributed by atoms with Gasteiger partial charge in [0, 0.05) is 0 Å². The zero-order chi connectivity index (χ0) is 9.72. The van der Waals surface area contributed by atoms with Crippen molar-refractivity contribution < 1.29 is 14.7 Å². The molecule has 0 saturated carbocycles. The molecule has 3 atom stereocenters. The van der Waals surface area contributed by atoms with Gasteiger partial charge in [0.05, 0.1) is 12.1 Å². The maximum Gasteiger partial charge on any atom is 0.240 e. The van der Waals surface area contributed by atoms with Crippen LogP contribution in [0.3, 0.4) is 0 Å². The zero-order valence-corrected chi connectivity index (χ0v) is 7.15. The number of carbonyl (C=O) groups excluding carboxylic acids is 2. The summed E-state index contributed by atoms with van der Waals surface area (Å²) in [5, 5.41) is 11.2. The molecule has 0 fully saturated rings. The van der Waals surface area contributed by atoms with Crippen molar-refractivity contribution in [2.24, 2.45) is 5.73 Å². The van der Waals surface area contributed by atoms with Crippen LogP contribution in [0.5, 0.6) is 0 Å². The van der Waals surface area contributed by atoms with E-state index in [0.717, 1.165) is 0 Å². The average molecular weight is 174 g/mol. The molecule has 5 heteroatoms. The third-order valence-electron chi connectivity index (χ3n) is 1.40. The molecule has 0 aliphatic rings. The van der Waals surface area contributed by atoms with Crippen molar-refractivity contribution in [2.45, 2.75) is 32.0 Å². The van der Waals surface area contributed by atoms with E-state index in [-0.39, 0.29) is 0 Å². The monoisotopic (exact) mass is 174 g/mol. The van der Waals surface area contributed by atoms with E-state index in [1.165, 1.54) is 13.8 Å². The van der Waals surface area contributed by atoms with Crippen molar-refractivity contribution in [3.05, 3.63) is 0 Å². The Morgan fingerprint density at radius 2 is 2.08 bits per heavy atom. The average Bonchev–Trinajstić information content (AvgIpc) is 2.02. The Bertz CT molecular complexity index is 170. The van der Waals surface area contributed by atoms with Crippen LogP contribution in [-0.4, -0.2) is 35.5 Å². The second kappa shape index (κ2) is 4.84. The second-order valence-corrected chi connectivity index (χ2v) is 2.70. The van der Waals surface area contributed by atoms with Crippen LogP contribution in [0.2, 0.25) is 0 Å². The summed E-state index contributed by atoms with van der Waals surface area (Å²) >= 11 is 0. The van der Waals surface area contributed by atoms with E-state index < -0.39 is 24.1 Å². The summed E-state index contributed by atoms with van der Waals surface area (Å²) in [5.74, 6) is -0.524. The lowest BCUT2D eigenvalue weighted by Crippen LogP contribution is -2.49. The fourth-order valence-electron chi connectivity index (χ4n) is 0.574. The number of rotatable bonds is 4. The third-order valence-corrected chi connectivity index (χ3v) is 1.40. The predicted molar refractivity (Wildman–Crippen MR) is 43.3 cm³/mol. The molecule has 0 unspecified atom stereocenters. The third kappa shape index (κ3) is 3.45. The number of hydrogen-bond acceptors (Lipinski definition) is 4. The van der Waals surface area contributed by atoms with Crippen LogP contribution in [0, 0.1) is 0 Å². The number of aldehydes is 1. The van der Waals surface area contributed by atoms with Gasteiger partial charge < -0.3 is 21.0 Å². The second-order valence-electron chi connectivity index (χ2n) is 2.70. The maximum atomic E-state index is 11.0. The van der Waals surface area contributed by atoms with Crippen LogP contribution in [-0.2, 0) is 9.59 Å². The number of aliphatic hydroxyl groups is 1. The molecule has 0 rings (SSSR count). The van der Waals surface area contributed by atoms with Gasteiger partial charge in [-0.15, -0.1) is 0 Å². The summed E-state index contributed by atoms with van der Waals surface area (Å²) in [6.07, 6.45) is -0.323. The van der Waals surface area contributed by atoms with Gasteiger partial charge in [-0.2, -0.15) is 0 Å². The lowest BCUT2D eigenvalue weighted by Gasteiger charge is -2.15. The van der Waals surface area contributed by atoms with Crippen LogP contribution in [0.4, 0.5) is 0 Å². The van der Waals surface area contributed by atoms with Crippen LogP contribution in [0.15, 0.2) is 0 Å². The van der Waals surface area contributed by atoms with Crippen LogP contribution in [0.25, 0.3) is 0 Å². The number of hydrogen-bond donors (Lipinski definition) is 3. The SMILES string of the molecule is C[C@H](O)[C@H](N)C(=O)N[C@@H](C)C=O. The van der Waals surface area contributed by atoms with Crippen molar-refractivity contribution in [1.29, 1.82) is 0 Å². The minimum absolute atomic E-state index is 0.524. The molecule has 0 bridgehead atoms. The normalized spacial score (nSPS) is 17.7. The quantitative estimate of drug-likeness (QED) is 0.447. The molecular weight excluding hydrogens is 160 g/mol. The maximum absolute atomic E-state index is 11.0. The van der Waals surface area contributed by atoms with E-state index >= 15 is 0 Å². The lowest BCUT2D eigenvalue weighted by atomic mass is 10.2. The van der Waals surface area contributed by atoms with Gasteiger partial charge in [-0.05, 0) is 13.8 Å². The van der Waals surface area contributed by atoms with Gasteiger partial charge in [-0.25, -0.2) is 0 Å². The van der Waals surface area contributed by atoms with E-state index in [1.807, 2.05) is 0 Å². The number of nitrogens with one attached hydrogen (secondary N) is 1. The zero-order valence-electron chi connectivity index (χ0n) is 7.15. The molecule has 1 amide bonds. The van der Waals surface area contributed by atoms with Gasteiger partial charge in [-0.3, -0.25) is 4.79 Å². The van der Waals surface area contributed by atoms with Crippen molar-refractivity contribution >= 4 is 12.2 Å². The first-order valence-electron chi connectivity index (χ1n) is 3.68. The summed E-state index contributed by atoms with van der Waals surface area (Å²) < 4.78 is 0. The Morgan fingerprint density at radius 3 is 2.42 bits per heavy atom.